The average molecular weight is 257 g/mol. The highest BCUT2D eigenvalue weighted by Crippen LogP contribution is 2.37. The van der Waals surface area contributed by atoms with Crippen molar-refractivity contribution >= 4 is 5.91 Å². The zero-order chi connectivity index (χ0) is 13.3. The van der Waals surface area contributed by atoms with Crippen molar-refractivity contribution in [2.45, 2.75) is 37.9 Å². The standard InChI is InChI=1S/C13H14F3NO/c1-8-6-7-11(17-12(18)13(14,15)16)10-5-3-2-4-9(8)10/h2-5,8,11H,6-7H2,1H3,(H,17,18)/t8-,11-/m1/s1. The lowest BCUT2D eigenvalue weighted by molar-refractivity contribution is -0.174. The molecule has 0 bridgehead atoms. The number of fused-ring (bicyclic) bond motifs is 1. The number of amides is 1. The van der Waals surface area contributed by atoms with E-state index in [2.05, 4.69) is 5.32 Å². The molecular weight excluding hydrogens is 243 g/mol. The number of alkyl halides is 3. The van der Waals surface area contributed by atoms with Crippen LogP contribution in [0.3, 0.4) is 0 Å². The van der Waals surface area contributed by atoms with Crippen molar-refractivity contribution < 1.29 is 18.0 Å². The van der Waals surface area contributed by atoms with Crippen molar-refractivity contribution in [2.24, 2.45) is 0 Å². The second kappa shape index (κ2) is 4.63. The van der Waals surface area contributed by atoms with Crippen molar-refractivity contribution in [1.29, 1.82) is 0 Å². The molecule has 2 nitrogen and oxygen atoms in total. The highest BCUT2D eigenvalue weighted by Gasteiger charge is 2.40. The zero-order valence-corrected chi connectivity index (χ0v) is 9.92. The molecule has 0 unspecified atom stereocenters. The fourth-order valence-electron chi connectivity index (χ4n) is 2.39. The van der Waals surface area contributed by atoms with E-state index in [9.17, 15) is 18.0 Å². The van der Waals surface area contributed by atoms with Gasteiger partial charge in [-0.3, -0.25) is 4.79 Å². The van der Waals surface area contributed by atoms with E-state index in [1.165, 1.54) is 0 Å². The largest absolute Gasteiger partial charge is 0.471 e. The first-order valence-corrected chi connectivity index (χ1v) is 5.86. The summed E-state index contributed by atoms with van der Waals surface area (Å²) in [6.07, 6.45) is -3.50. The molecule has 2 atom stereocenters. The maximum atomic E-state index is 12.2. The second-order valence-corrected chi connectivity index (χ2v) is 4.63. The molecule has 5 heteroatoms. The van der Waals surface area contributed by atoms with Gasteiger partial charge in [0, 0.05) is 0 Å². The van der Waals surface area contributed by atoms with Crippen LogP contribution in [-0.2, 0) is 4.79 Å². The minimum absolute atomic E-state index is 0.320. The third-order valence-corrected chi connectivity index (χ3v) is 3.35. The van der Waals surface area contributed by atoms with Crippen molar-refractivity contribution in [1.82, 2.24) is 5.32 Å². The Morgan fingerprint density at radius 1 is 1.22 bits per heavy atom. The van der Waals surface area contributed by atoms with Crippen LogP contribution in [0.25, 0.3) is 0 Å². The number of nitrogens with one attached hydrogen (secondary N) is 1. The number of rotatable bonds is 1. The molecule has 0 aliphatic heterocycles. The van der Waals surface area contributed by atoms with Gasteiger partial charge in [-0.25, -0.2) is 0 Å². The summed E-state index contributed by atoms with van der Waals surface area (Å²) in [6, 6.07) is 6.80. The van der Waals surface area contributed by atoms with Crippen molar-refractivity contribution in [3.63, 3.8) is 0 Å². The smallest absolute Gasteiger partial charge is 0.341 e. The Bertz CT molecular complexity index is 456. The van der Waals surface area contributed by atoms with Gasteiger partial charge in [0.2, 0.25) is 0 Å². The van der Waals surface area contributed by atoms with Crippen LogP contribution in [0.5, 0.6) is 0 Å². The molecular formula is C13H14F3NO. The summed E-state index contributed by atoms with van der Waals surface area (Å²) in [5.41, 5.74) is 1.82. The molecule has 0 fully saturated rings. The van der Waals surface area contributed by atoms with Crippen LogP contribution in [0.1, 0.15) is 42.9 Å². The van der Waals surface area contributed by atoms with Crippen LogP contribution in [0.4, 0.5) is 13.2 Å². The summed E-state index contributed by atoms with van der Waals surface area (Å²) in [6.45, 7) is 2.04. The van der Waals surface area contributed by atoms with Crippen LogP contribution < -0.4 is 5.32 Å². The van der Waals surface area contributed by atoms with E-state index in [1.54, 1.807) is 12.1 Å². The van der Waals surface area contributed by atoms with E-state index in [4.69, 9.17) is 0 Å². The molecule has 18 heavy (non-hydrogen) atoms. The summed E-state index contributed by atoms with van der Waals surface area (Å²) in [5.74, 6) is -1.54. The number of benzene rings is 1. The Morgan fingerprint density at radius 3 is 2.44 bits per heavy atom. The second-order valence-electron chi connectivity index (χ2n) is 4.63. The Labute approximate surface area is 103 Å². The van der Waals surface area contributed by atoms with Gasteiger partial charge in [-0.05, 0) is 29.9 Å². The van der Waals surface area contributed by atoms with Gasteiger partial charge in [-0.2, -0.15) is 13.2 Å². The maximum absolute atomic E-state index is 12.2. The first-order chi connectivity index (χ1) is 8.39. The lowest BCUT2D eigenvalue weighted by atomic mass is 9.81. The first-order valence-electron chi connectivity index (χ1n) is 5.86. The highest BCUT2D eigenvalue weighted by atomic mass is 19.4. The number of hydrogen-bond donors (Lipinski definition) is 1. The average Bonchev–Trinajstić information content (AvgIpc) is 2.32. The quantitative estimate of drug-likeness (QED) is 0.821. The number of carbonyl (C=O) groups is 1. The minimum Gasteiger partial charge on any atom is -0.341 e. The highest BCUT2D eigenvalue weighted by molar-refractivity contribution is 5.82. The van der Waals surface area contributed by atoms with Gasteiger partial charge in [-0.15, -0.1) is 0 Å². The number of carbonyl (C=O) groups excluding carboxylic acids is 1. The Kier molecular flexibility index (Phi) is 3.32. The molecule has 1 aromatic rings. The van der Waals surface area contributed by atoms with E-state index >= 15 is 0 Å². The van der Waals surface area contributed by atoms with E-state index in [-0.39, 0.29) is 0 Å². The van der Waals surface area contributed by atoms with Crippen LogP contribution >= 0.6 is 0 Å². The van der Waals surface area contributed by atoms with Crippen LogP contribution in [0.15, 0.2) is 24.3 Å². The fourth-order valence-corrected chi connectivity index (χ4v) is 2.39. The topological polar surface area (TPSA) is 29.1 Å². The summed E-state index contributed by atoms with van der Waals surface area (Å²) in [5, 5.41) is 2.07. The number of halogens is 3. The molecule has 0 saturated heterocycles. The van der Waals surface area contributed by atoms with E-state index in [0.29, 0.717) is 12.3 Å². The molecule has 1 aliphatic carbocycles. The summed E-state index contributed by atoms with van der Waals surface area (Å²) < 4.78 is 36.7. The summed E-state index contributed by atoms with van der Waals surface area (Å²) in [7, 11) is 0. The van der Waals surface area contributed by atoms with Crippen molar-refractivity contribution in [3.8, 4) is 0 Å². The van der Waals surface area contributed by atoms with Gasteiger partial charge in [0.1, 0.15) is 0 Å². The zero-order valence-electron chi connectivity index (χ0n) is 9.92. The predicted molar refractivity (Wildman–Crippen MR) is 61.0 cm³/mol. The molecule has 98 valence electrons. The normalized spacial score (nSPS) is 23.3. The Balaban J connectivity index is 2.22. The molecule has 0 saturated carbocycles. The van der Waals surface area contributed by atoms with Gasteiger partial charge in [0.15, 0.2) is 0 Å². The van der Waals surface area contributed by atoms with Gasteiger partial charge >= 0.3 is 12.1 Å². The summed E-state index contributed by atoms with van der Waals surface area (Å²) >= 11 is 0. The van der Waals surface area contributed by atoms with Crippen molar-refractivity contribution in [3.05, 3.63) is 35.4 Å². The Hall–Kier alpha value is -1.52. The maximum Gasteiger partial charge on any atom is 0.471 e. The van der Waals surface area contributed by atoms with Crippen molar-refractivity contribution in [2.75, 3.05) is 0 Å². The molecule has 0 spiro atoms. The van der Waals surface area contributed by atoms with Crippen LogP contribution in [-0.4, -0.2) is 12.1 Å². The van der Waals surface area contributed by atoms with E-state index in [1.807, 2.05) is 19.1 Å². The van der Waals surface area contributed by atoms with E-state index in [0.717, 1.165) is 17.5 Å². The first kappa shape index (κ1) is 12.9. The monoisotopic (exact) mass is 257 g/mol. The van der Waals surface area contributed by atoms with Gasteiger partial charge in [0.05, 0.1) is 6.04 Å². The van der Waals surface area contributed by atoms with Gasteiger partial charge < -0.3 is 5.32 Å². The fraction of sp³-hybridized carbons (Fsp3) is 0.462. The third kappa shape index (κ3) is 2.49. The molecule has 1 amide bonds. The number of hydrogen-bond acceptors (Lipinski definition) is 1. The lowest BCUT2D eigenvalue weighted by Crippen LogP contribution is -2.40. The lowest BCUT2D eigenvalue weighted by Gasteiger charge is -2.30. The molecule has 1 aliphatic rings. The van der Waals surface area contributed by atoms with Gasteiger partial charge in [-0.1, -0.05) is 31.2 Å². The molecule has 1 N–H and O–H groups in total. The molecule has 0 heterocycles. The van der Waals surface area contributed by atoms with Crippen LogP contribution in [0, 0.1) is 0 Å². The molecule has 2 rings (SSSR count). The van der Waals surface area contributed by atoms with Gasteiger partial charge in [0.25, 0.3) is 0 Å². The predicted octanol–water partition coefficient (Wildman–Crippen LogP) is 3.30. The van der Waals surface area contributed by atoms with E-state index < -0.39 is 18.1 Å². The third-order valence-electron chi connectivity index (χ3n) is 3.35. The molecule has 1 aromatic carbocycles. The molecule has 0 radical (unpaired) electrons. The summed E-state index contributed by atoms with van der Waals surface area (Å²) in [4.78, 5) is 11.0. The van der Waals surface area contributed by atoms with Crippen LogP contribution in [0.2, 0.25) is 0 Å². The SMILES string of the molecule is C[C@@H]1CC[C@@H](NC(=O)C(F)(F)F)c2ccccc21. The minimum atomic E-state index is -4.82. The molecule has 0 aromatic heterocycles. The Morgan fingerprint density at radius 2 is 1.83 bits per heavy atom.